The van der Waals surface area contributed by atoms with Crippen LogP contribution in [0, 0.1) is 11.8 Å². The lowest BCUT2D eigenvalue weighted by atomic mass is 9.67. The summed E-state index contributed by atoms with van der Waals surface area (Å²) >= 11 is 6.31. The molecule has 1 aromatic rings. The van der Waals surface area contributed by atoms with Crippen molar-refractivity contribution in [1.29, 1.82) is 0 Å². The van der Waals surface area contributed by atoms with Crippen LogP contribution in [0.1, 0.15) is 63.5 Å². The third-order valence-electron chi connectivity index (χ3n) is 8.24. The van der Waals surface area contributed by atoms with Crippen molar-refractivity contribution < 1.29 is 13.2 Å². The molecule has 1 saturated heterocycles. The van der Waals surface area contributed by atoms with Crippen molar-refractivity contribution in [3.05, 3.63) is 34.3 Å². The molecule has 0 unspecified atom stereocenters. The Morgan fingerprint density at radius 1 is 1.15 bits per heavy atom. The van der Waals surface area contributed by atoms with Gasteiger partial charge in [0.1, 0.15) is 0 Å². The summed E-state index contributed by atoms with van der Waals surface area (Å²) in [5.74, 6) is 1.75. The number of hydrogen-bond donors (Lipinski definition) is 1. The minimum Gasteiger partial charge on any atom is -0.336 e. The van der Waals surface area contributed by atoms with Crippen molar-refractivity contribution in [3.63, 3.8) is 0 Å². The Labute approximate surface area is 204 Å². The summed E-state index contributed by atoms with van der Waals surface area (Å²) in [6.07, 6.45) is 7.91. The minimum atomic E-state index is -3.29. The van der Waals surface area contributed by atoms with Gasteiger partial charge in [0.2, 0.25) is 15.9 Å². The van der Waals surface area contributed by atoms with Crippen LogP contribution in [0.25, 0.3) is 0 Å². The number of fused-ring (bicyclic) bond motifs is 2. The monoisotopic (exact) mass is 495 g/mol. The van der Waals surface area contributed by atoms with Gasteiger partial charge in [-0.1, -0.05) is 31.5 Å². The van der Waals surface area contributed by atoms with E-state index < -0.39 is 15.4 Å². The number of piperidine rings is 1. The number of benzene rings is 1. The van der Waals surface area contributed by atoms with Crippen LogP contribution >= 0.6 is 11.6 Å². The molecular formula is C25H38ClN3O3S. The summed E-state index contributed by atoms with van der Waals surface area (Å²) in [6, 6.07) is 6.55. The largest absolute Gasteiger partial charge is 0.336 e. The molecule has 1 aromatic carbocycles. The molecular weight excluding hydrogens is 458 g/mol. The number of sulfonamides is 1. The molecule has 33 heavy (non-hydrogen) atoms. The van der Waals surface area contributed by atoms with E-state index in [4.69, 9.17) is 11.6 Å². The third-order valence-corrected chi connectivity index (χ3v) is 9.20. The first kappa shape index (κ1) is 25.0. The Morgan fingerprint density at radius 2 is 1.82 bits per heavy atom. The fraction of sp³-hybridized carbons (Fsp3) is 0.720. The van der Waals surface area contributed by atoms with Gasteiger partial charge in [0.15, 0.2) is 0 Å². The molecule has 2 fully saturated rings. The standard InChI is InChI=1S/C25H38ClN3O3S/c1-18(2)19-4-7-22(8-5-19)28-13-10-25(11-14-28)23-9-6-21(26)16-20(23)17-29(24(25)30)15-12-27-33(3,31)32/h6,9,16,18-19,22,27H,4-5,7-8,10-15,17H2,1-3H3. The highest BCUT2D eigenvalue weighted by atomic mass is 35.5. The molecule has 2 heterocycles. The van der Waals surface area contributed by atoms with Crippen LogP contribution in [0.3, 0.4) is 0 Å². The van der Waals surface area contributed by atoms with E-state index in [1.54, 1.807) is 0 Å². The highest BCUT2D eigenvalue weighted by molar-refractivity contribution is 7.88. The second-order valence-corrected chi connectivity index (χ2v) is 12.9. The summed E-state index contributed by atoms with van der Waals surface area (Å²) in [7, 11) is -3.29. The maximum Gasteiger partial charge on any atom is 0.233 e. The van der Waals surface area contributed by atoms with Crippen molar-refractivity contribution >= 4 is 27.5 Å². The molecule has 3 aliphatic rings. The summed E-state index contributed by atoms with van der Waals surface area (Å²) < 4.78 is 25.5. The Balaban J connectivity index is 1.49. The van der Waals surface area contributed by atoms with E-state index in [1.165, 1.54) is 25.7 Å². The summed E-state index contributed by atoms with van der Waals surface area (Å²) in [6.45, 7) is 7.60. The predicted octanol–water partition coefficient (Wildman–Crippen LogP) is 3.78. The van der Waals surface area contributed by atoms with Crippen molar-refractivity contribution in [1.82, 2.24) is 14.5 Å². The summed E-state index contributed by atoms with van der Waals surface area (Å²) in [5.41, 5.74) is 1.68. The third kappa shape index (κ3) is 5.42. The van der Waals surface area contributed by atoms with Gasteiger partial charge in [-0.05, 0) is 86.7 Å². The number of nitrogens with zero attached hydrogens (tertiary/aromatic N) is 2. The predicted molar refractivity (Wildman–Crippen MR) is 133 cm³/mol. The Hall–Kier alpha value is -1.15. The van der Waals surface area contributed by atoms with Gasteiger partial charge in [0, 0.05) is 30.7 Å². The van der Waals surface area contributed by atoms with E-state index in [-0.39, 0.29) is 12.5 Å². The van der Waals surface area contributed by atoms with E-state index in [1.807, 2.05) is 23.1 Å². The van der Waals surface area contributed by atoms with Crippen molar-refractivity contribution in [2.75, 3.05) is 32.4 Å². The lowest BCUT2D eigenvalue weighted by molar-refractivity contribution is -0.142. The van der Waals surface area contributed by atoms with Crippen LogP contribution in [0.15, 0.2) is 18.2 Å². The molecule has 2 aliphatic heterocycles. The van der Waals surface area contributed by atoms with Crippen molar-refractivity contribution in [3.8, 4) is 0 Å². The lowest BCUT2D eigenvalue weighted by Gasteiger charge is -2.49. The van der Waals surface area contributed by atoms with Crippen LogP contribution in [-0.2, 0) is 26.8 Å². The Kier molecular flexibility index (Phi) is 7.44. The van der Waals surface area contributed by atoms with Crippen LogP contribution in [0.5, 0.6) is 0 Å². The number of hydrogen-bond acceptors (Lipinski definition) is 4. The van der Waals surface area contributed by atoms with Gasteiger partial charge >= 0.3 is 0 Å². The van der Waals surface area contributed by atoms with E-state index >= 15 is 0 Å². The molecule has 6 nitrogen and oxygen atoms in total. The number of halogens is 1. The number of carbonyl (C=O) groups is 1. The number of likely N-dealkylation sites (tertiary alicyclic amines) is 1. The molecule has 1 aliphatic carbocycles. The second-order valence-electron chi connectivity index (χ2n) is 10.6. The highest BCUT2D eigenvalue weighted by Crippen LogP contribution is 2.44. The molecule has 1 saturated carbocycles. The molecule has 0 aromatic heterocycles. The maximum absolute atomic E-state index is 13.8. The molecule has 1 spiro atoms. The lowest BCUT2D eigenvalue weighted by Crippen LogP contribution is -2.58. The summed E-state index contributed by atoms with van der Waals surface area (Å²) in [4.78, 5) is 18.2. The van der Waals surface area contributed by atoms with E-state index in [2.05, 4.69) is 23.5 Å². The van der Waals surface area contributed by atoms with Crippen molar-refractivity contribution in [2.24, 2.45) is 11.8 Å². The first-order valence-corrected chi connectivity index (χ1v) is 14.6. The van der Waals surface area contributed by atoms with E-state index in [0.717, 1.165) is 55.1 Å². The zero-order valence-electron chi connectivity index (χ0n) is 20.1. The molecule has 0 atom stereocenters. The van der Waals surface area contributed by atoms with Gasteiger partial charge < -0.3 is 9.80 Å². The number of amides is 1. The Morgan fingerprint density at radius 3 is 2.42 bits per heavy atom. The maximum atomic E-state index is 13.8. The number of rotatable bonds is 6. The zero-order chi connectivity index (χ0) is 23.8. The Bertz CT molecular complexity index is 965. The van der Waals surface area contributed by atoms with Crippen LogP contribution in [-0.4, -0.2) is 62.6 Å². The quantitative estimate of drug-likeness (QED) is 0.652. The molecule has 8 heteroatoms. The molecule has 1 N–H and O–H groups in total. The van der Waals surface area contributed by atoms with E-state index in [9.17, 15) is 13.2 Å². The van der Waals surface area contributed by atoms with Crippen LogP contribution in [0.4, 0.5) is 0 Å². The molecule has 0 bridgehead atoms. The molecule has 1 amide bonds. The van der Waals surface area contributed by atoms with Crippen LogP contribution in [0.2, 0.25) is 5.02 Å². The zero-order valence-corrected chi connectivity index (χ0v) is 21.7. The average molecular weight is 496 g/mol. The fourth-order valence-electron chi connectivity index (χ4n) is 6.29. The normalized spacial score (nSPS) is 26.1. The van der Waals surface area contributed by atoms with Gasteiger partial charge in [-0.15, -0.1) is 0 Å². The summed E-state index contributed by atoms with van der Waals surface area (Å²) in [5, 5.41) is 0.673. The number of carbonyl (C=O) groups excluding carboxylic acids is 1. The van der Waals surface area contributed by atoms with Gasteiger partial charge in [-0.3, -0.25) is 4.79 Å². The second kappa shape index (κ2) is 9.84. The fourth-order valence-corrected chi connectivity index (χ4v) is 6.95. The minimum absolute atomic E-state index is 0.135. The molecule has 0 radical (unpaired) electrons. The van der Waals surface area contributed by atoms with Gasteiger partial charge in [0.25, 0.3) is 0 Å². The molecule has 4 rings (SSSR count). The smallest absolute Gasteiger partial charge is 0.233 e. The van der Waals surface area contributed by atoms with Crippen LogP contribution < -0.4 is 4.72 Å². The molecule has 184 valence electrons. The SMILES string of the molecule is CC(C)C1CCC(N2CCC3(CC2)C(=O)N(CCNS(C)(=O)=O)Cc2cc(Cl)ccc23)CC1. The van der Waals surface area contributed by atoms with Gasteiger partial charge in [0.05, 0.1) is 11.7 Å². The van der Waals surface area contributed by atoms with Gasteiger partial charge in [-0.2, -0.15) is 0 Å². The van der Waals surface area contributed by atoms with Gasteiger partial charge in [-0.25, -0.2) is 13.1 Å². The van der Waals surface area contributed by atoms with Crippen molar-refractivity contribution in [2.45, 2.75) is 70.4 Å². The topological polar surface area (TPSA) is 69.7 Å². The highest BCUT2D eigenvalue weighted by Gasteiger charge is 2.49. The first-order chi connectivity index (χ1) is 15.6. The number of nitrogens with one attached hydrogen (secondary N) is 1. The average Bonchev–Trinajstić information content (AvgIpc) is 2.77. The first-order valence-electron chi connectivity index (χ1n) is 12.4. The van der Waals surface area contributed by atoms with E-state index in [0.29, 0.717) is 24.2 Å².